The summed E-state index contributed by atoms with van der Waals surface area (Å²) < 4.78 is 11.3. The van der Waals surface area contributed by atoms with Crippen molar-refractivity contribution in [3.8, 4) is 11.5 Å². The second kappa shape index (κ2) is 6.41. The van der Waals surface area contributed by atoms with Crippen LogP contribution in [0.1, 0.15) is 38.5 Å². The lowest BCUT2D eigenvalue weighted by molar-refractivity contribution is 0.289. The Morgan fingerprint density at radius 2 is 0.938 bits per heavy atom. The smallest absolute Gasteiger partial charge is 0.119 e. The minimum atomic E-state index is 0.834. The molecule has 1 aromatic carbocycles. The second-order valence-electron chi connectivity index (χ2n) is 4.29. The van der Waals surface area contributed by atoms with Crippen LogP contribution in [0.15, 0.2) is 24.3 Å². The highest BCUT2D eigenvalue weighted by Crippen LogP contribution is 2.19. The van der Waals surface area contributed by atoms with Gasteiger partial charge in [0.1, 0.15) is 11.5 Å². The molecule has 2 heterocycles. The molecule has 16 heavy (non-hydrogen) atoms. The molecule has 0 atom stereocenters. The summed E-state index contributed by atoms with van der Waals surface area (Å²) in [7, 11) is 0. The first kappa shape index (κ1) is 11.3. The van der Waals surface area contributed by atoms with Crippen molar-refractivity contribution < 1.29 is 9.47 Å². The lowest BCUT2D eigenvalue weighted by Gasteiger charge is -2.10. The van der Waals surface area contributed by atoms with Gasteiger partial charge in [-0.3, -0.25) is 0 Å². The minimum Gasteiger partial charge on any atom is -0.494 e. The zero-order valence-corrected chi connectivity index (χ0v) is 9.78. The maximum absolute atomic E-state index is 5.65. The molecule has 0 aromatic heterocycles. The lowest BCUT2D eigenvalue weighted by Crippen LogP contribution is -2.00. The predicted octanol–water partition coefficient (Wildman–Crippen LogP) is 3.80. The summed E-state index contributed by atoms with van der Waals surface area (Å²) in [5.41, 5.74) is 0. The number of rotatable bonds is 0. The molecule has 0 saturated heterocycles. The van der Waals surface area contributed by atoms with E-state index < -0.39 is 0 Å². The summed E-state index contributed by atoms with van der Waals surface area (Å²) in [6.07, 6.45) is 7.52. The summed E-state index contributed by atoms with van der Waals surface area (Å²) >= 11 is 0. The molecule has 2 nitrogen and oxygen atoms in total. The van der Waals surface area contributed by atoms with Crippen LogP contribution < -0.4 is 9.47 Å². The van der Waals surface area contributed by atoms with Gasteiger partial charge in [0, 0.05) is 0 Å². The highest BCUT2D eigenvalue weighted by atomic mass is 16.5. The van der Waals surface area contributed by atoms with Crippen molar-refractivity contribution in [2.75, 3.05) is 13.2 Å². The molecule has 0 fully saturated rings. The van der Waals surface area contributed by atoms with Crippen LogP contribution in [-0.4, -0.2) is 13.2 Å². The highest BCUT2D eigenvalue weighted by Gasteiger charge is 1.99. The average molecular weight is 220 g/mol. The number of hydrogen-bond acceptors (Lipinski definition) is 2. The monoisotopic (exact) mass is 220 g/mol. The summed E-state index contributed by atoms with van der Waals surface area (Å²) in [5, 5.41) is 0. The Kier molecular flexibility index (Phi) is 4.53. The molecule has 0 aliphatic carbocycles. The Balaban J connectivity index is 1.93. The molecule has 1 aromatic rings. The van der Waals surface area contributed by atoms with Gasteiger partial charge < -0.3 is 9.47 Å². The molecule has 2 aliphatic heterocycles. The van der Waals surface area contributed by atoms with Gasteiger partial charge in [0.15, 0.2) is 0 Å². The normalized spacial score (nSPS) is 18.2. The van der Waals surface area contributed by atoms with Crippen LogP contribution >= 0.6 is 0 Å². The van der Waals surface area contributed by atoms with Crippen LogP contribution in [0, 0.1) is 0 Å². The van der Waals surface area contributed by atoms with Gasteiger partial charge in [-0.1, -0.05) is 25.7 Å². The molecule has 0 N–H and O–H groups in total. The third kappa shape index (κ3) is 3.76. The maximum Gasteiger partial charge on any atom is 0.119 e. The van der Waals surface area contributed by atoms with E-state index in [4.69, 9.17) is 9.47 Å². The molecule has 0 spiro atoms. The molecule has 0 radical (unpaired) electrons. The Morgan fingerprint density at radius 1 is 0.562 bits per heavy atom. The van der Waals surface area contributed by atoms with Crippen LogP contribution in [0.4, 0.5) is 0 Å². The largest absolute Gasteiger partial charge is 0.494 e. The maximum atomic E-state index is 5.65. The lowest BCUT2D eigenvalue weighted by atomic mass is 10.1. The second-order valence-corrected chi connectivity index (χ2v) is 4.29. The fraction of sp³-hybridized carbons (Fsp3) is 0.571. The first-order valence-corrected chi connectivity index (χ1v) is 6.31. The zero-order valence-electron chi connectivity index (χ0n) is 9.78. The molecule has 88 valence electrons. The summed E-state index contributed by atoms with van der Waals surface area (Å²) in [5.74, 6) is 1.90. The Morgan fingerprint density at radius 3 is 1.38 bits per heavy atom. The zero-order chi connectivity index (χ0) is 11.1. The summed E-state index contributed by atoms with van der Waals surface area (Å²) in [4.78, 5) is 0. The first-order chi connectivity index (χ1) is 7.95. The van der Waals surface area contributed by atoms with E-state index >= 15 is 0 Å². The first-order valence-electron chi connectivity index (χ1n) is 6.31. The number of fused-ring (bicyclic) bond motifs is 11. The Bertz CT molecular complexity index is 261. The van der Waals surface area contributed by atoms with E-state index in [9.17, 15) is 0 Å². The molecule has 2 bridgehead atoms. The number of hydrogen-bond donors (Lipinski definition) is 0. The fourth-order valence-electron chi connectivity index (χ4n) is 1.92. The van der Waals surface area contributed by atoms with Gasteiger partial charge in [0.25, 0.3) is 0 Å². The molecule has 0 unspecified atom stereocenters. The SMILES string of the molecule is c1cc2ccc1OCCCCCCCCO2. The van der Waals surface area contributed by atoms with Gasteiger partial charge in [0.05, 0.1) is 13.2 Å². The van der Waals surface area contributed by atoms with Crippen LogP contribution in [0.5, 0.6) is 11.5 Å². The van der Waals surface area contributed by atoms with E-state index in [1.165, 1.54) is 25.7 Å². The van der Waals surface area contributed by atoms with Gasteiger partial charge in [0.2, 0.25) is 0 Å². The summed E-state index contributed by atoms with van der Waals surface area (Å²) in [6.45, 7) is 1.67. The van der Waals surface area contributed by atoms with E-state index in [1.807, 2.05) is 24.3 Å². The molecular weight excluding hydrogens is 200 g/mol. The molecular formula is C14H20O2. The minimum absolute atomic E-state index is 0.834. The van der Waals surface area contributed by atoms with Crippen molar-refractivity contribution in [1.29, 1.82) is 0 Å². The van der Waals surface area contributed by atoms with Crippen LogP contribution in [0.3, 0.4) is 0 Å². The standard InChI is InChI=1S/C14H20O2/c1-2-4-6-12-16-14-9-7-13(8-10-14)15-11-5-3-1/h7-10H,1-6,11-12H2. The fourth-order valence-corrected chi connectivity index (χ4v) is 1.92. The third-order valence-corrected chi connectivity index (χ3v) is 2.90. The van der Waals surface area contributed by atoms with Crippen LogP contribution in [0.2, 0.25) is 0 Å². The van der Waals surface area contributed by atoms with Gasteiger partial charge >= 0.3 is 0 Å². The average Bonchev–Trinajstić information content (AvgIpc) is 2.33. The molecule has 2 aliphatic rings. The van der Waals surface area contributed by atoms with E-state index in [0.717, 1.165) is 37.6 Å². The van der Waals surface area contributed by atoms with Gasteiger partial charge in [-0.15, -0.1) is 0 Å². The van der Waals surface area contributed by atoms with Crippen molar-refractivity contribution in [2.24, 2.45) is 0 Å². The van der Waals surface area contributed by atoms with Gasteiger partial charge in [-0.05, 0) is 37.1 Å². The molecule has 0 saturated carbocycles. The topological polar surface area (TPSA) is 18.5 Å². The van der Waals surface area contributed by atoms with E-state index in [2.05, 4.69) is 0 Å². The van der Waals surface area contributed by atoms with Crippen LogP contribution in [-0.2, 0) is 0 Å². The number of benzene rings is 1. The van der Waals surface area contributed by atoms with Crippen molar-refractivity contribution >= 4 is 0 Å². The predicted molar refractivity (Wildman–Crippen MR) is 65.1 cm³/mol. The van der Waals surface area contributed by atoms with Crippen molar-refractivity contribution in [3.05, 3.63) is 24.3 Å². The van der Waals surface area contributed by atoms with E-state index in [-0.39, 0.29) is 0 Å². The van der Waals surface area contributed by atoms with Gasteiger partial charge in [-0.25, -0.2) is 0 Å². The quantitative estimate of drug-likeness (QED) is 0.662. The highest BCUT2D eigenvalue weighted by molar-refractivity contribution is 5.31. The van der Waals surface area contributed by atoms with Crippen molar-refractivity contribution in [3.63, 3.8) is 0 Å². The molecule has 3 rings (SSSR count). The Labute approximate surface area is 97.6 Å². The van der Waals surface area contributed by atoms with E-state index in [0.29, 0.717) is 0 Å². The number of ether oxygens (including phenoxy) is 2. The third-order valence-electron chi connectivity index (χ3n) is 2.90. The van der Waals surface area contributed by atoms with Gasteiger partial charge in [-0.2, -0.15) is 0 Å². The summed E-state index contributed by atoms with van der Waals surface area (Å²) in [6, 6.07) is 7.95. The molecule has 0 amide bonds. The Hall–Kier alpha value is -1.18. The molecule has 2 heteroatoms. The van der Waals surface area contributed by atoms with E-state index in [1.54, 1.807) is 0 Å². The van der Waals surface area contributed by atoms with Crippen molar-refractivity contribution in [1.82, 2.24) is 0 Å². The van der Waals surface area contributed by atoms with Crippen molar-refractivity contribution in [2.45, 2.75) is 38.5 Å². The van der Waals surface area contributed by atoms with Crippen LogP contribution in [0.25, 0.3) is 0 Å².